The van der Waals surface area contributed by atoms with Crippen molar-refractivity contribution >= 4 is 11.7 Å². The Morgan fingerprint density at radius 1 is 1.30 bits per heavy atom. The Kier molecular flexibility index (Phi) is 3.61. The lowest BCUT2D eigenvalue weighted by atomic mass is 10.1. The average Bonchev–Trinajstić information content (AvgIpc) is 2.70. The molecule has 1 unspecified atom stereocenters. The first kappa shape index (κ1) is 13.4. The second-order valence-corrected chi connectivity index (χ2v) is 5.78. The highest BCUT2D eigenvalue weighted by Crippen LogP contribution is 2.30. The summed E-state index contributed by atoms with van der Waals surface area (Å²) in [7, 11) is 2.10. The Morgan fingerprint density at radius 3 is 2.90 bits per heavy atom. The van der Waals surface area contributed by atoms with Crippen molar-refractivity contribution in [2.75, 3.05) is 25.5 Å². The monoisotopic (exact) mass is 277 g/mol. The zero-order chi connectivity index (χ0) is 14.1. The second kappa shape index (κ2) is 5.40. The number of carbonyl (C=O) groups excluding carboxylic acids is 1. The summed E-state index contributed by atoms with van der Waals surface area (Å²) in [4.78, 5) is 16.7. The molecule has 5 heteroatoms. The van der Waals surface area contributed by atoms with Gasteiger partial charge in [0.15, 0.2) is 0 Å². The van der Waals surface area contributed by atoms with Crippen molar-refractivity contribution in [3.8, 4) is 0 Å². The van der Waals surface area contributed by atoms with Crippen LogP contribution in [0, 0.1) is 5.82 Å². The molecular weight excluding hydrogens is 257 g/mol. The quantitative estimate of drug-likeness (QED) is 0.856. The molecule has 1 aromatic rings. The predicted molar refractivity (Wildman–Crippen MR) is 76.2 cm³/mol. The highest BCUT2D eigenvalue weighted by Gasteiger charge is 2.39. The molecule has 0 saturated carbocycles. The third kappa shape index (κ3) is 2.63. The number of carbonyl (C=O) groups is 1. The van der Waals surface area contributed by atoms with Crippen molar-refractivity contribution in [3.63, 3.8) is 0 Å². The lowest BCUT2D eigenvalue weighted by molar-refractivity contribution is 0.186. The van der Waals surface area contributed by atoms with Gasteiger partial charge < -0.3 is 15.1 Å². The Bertz CT molecular complexity index is 508. The van der Waals surface area contributed by atoms with Gasteiger partial charge in [0.1, 0.15) is 5.82 Å². The van der Waals surface area contributed by atoms with Crippen molar-refractivity contribution in [1.82, 2.24) is 9.80 Å². The summed E-state index contributed by atoms with van der Waals surface area (Å²) in [5.41, 5.74) is 0.520. The topological polar surface area (TPSA) is 35.6 Å². The van der Waals surface area contributed by atoms with Crippen molar-refractivity contribution < 1.29 is 9.18 Å². The van der Waals surface area contributed by atoms with Gasteiger partial charge in [-0.1, -0.05) is 6.07 Å². The maximum absolute atomic E-state index is 13.2. The molecule has 2 saturated heterocycles. The van der Waals surface area contributed by atoms with Crippen LogP contribution in [-0.4, -0.2) is 48.1 Å². The number of likely N-dealkylation sites (tertiary alicyclic amines) is 1. The van der Waals surface area contributed by atoms with Crippen LogP contribution in [0.1, 0.15) is 19.3 Å². The number of likely N-dealkylation sites (N-methyl/N-ethyl adjacent to an activating group) is 1. The fourth-order valence-electron chi connectivity index (χ4n) is 3.33. The van der Waals surface area contributed by atoms with Gasteiger partial charge in [-0.25, -0.2) is 9.18 Å². The molecule has 0 aliphatic carbocycles. The van der Waals surface area contributed by atoms with Gasteiger partial charge in [-0.05, 0) is 51.1 Å². The summed E-state index contributed by atoms with van der Waals surface area (Å²) in [6.07, 6.45) is 3.16. The van der Waals surface area contributed by atoms with E-state index in [1.165, 1.54) is 12.1 Å². The Labute approximate surface area is 118 Å². The highest BCUT2D eigenvalue weighted by molar-refractivity contribution is 5.90. The van der Waals surface area contributed by atoms with E-state index in [0.29, 0.717) is 11.7 Å². The maximum Gasteiger partial charge on any atom is 0.322 e. The number of nitrogens with one attached hydrogen (secondary N) is 1. The minimum absolute atomic E-state index is 0.0987. The number of urea groups is 1. The number of anilines is 1. The molecule has 3 rings (SSSR count). The van der Waals surface area contributed by atoms with Gasteiger partial charge in [0, 0.05) is 24.3 Å². The molecule has 0 aromatic heterocycles. The summed E-state index contributed by atoms with van der Waals surface area (Å²) < 4.78 is 13.2. The lowest BCUT2D eigenvalue weighted by Crippen LogP contribution is -2.45. The molecule has 2 aliphatic rings. The Balaban J connectivity index is 1.73. The number of hydrogen-bond acceptors (Lipinski definition) is 2. The van der Waals surface area contributed by atoms with Crippen molar-refractivity contribution in [3.05, 3.63) is 30.1 Å². The van der Waals surface area contributed by atoms with Crippen LogP contribution >= 0.6 is 0 Å². The molecule has 2 aliphatic heterocycles. The zero-order valence-electron chi connectivity index (χ0n) is 11.7. The SMILES string of the molecule is CN1CCC2CC[C@H](C1)N2C(=O)Nc1cccc(F)c1. The molecule has 0 spiro atoms. The van der Waals surface area contributed by atoms with E-state index in [2.05, 4.69) is 17.3 Å². The lowest BCUT2D eigenvalue weighted by Gasteiger charge is -2.28. The molecule has 108 valence electrons. The normalized spacial score (nSPS) is 26.4. The van der Waals surface area contributed by atoms with Gasteiger partial charge in [0.05, 0.1) is 0 Å². The molecule has 1 aromatic carbocycles. The van der Waals surface area contributed by atoms with Crippen LogP contribution in [0.3, 0.4) is 0 Å². The molecule has 0 radical (unpaired) electrons. The Morgan fingerprint density at radius 2 is 2.10 bits per heavy atom. The molecule has 2 amide bonds. The first-order chi connectivity index (χ1) is 9.63. The van der Waals surface area contributed by atoms with Gasteiger partial charge in [-0.3, -0.25) is 0 Å². The number of nitrogens with zero attached hydrogens (tertiary/aromatic N) is 2. The fraction of sp³-hybridized carbons (Fsp3) is 0.533. The van der Waals surface area contributed by atoms with Gasteiger partial charge in [0.2, 0.25) is 0 Å². The van der Waals surface area contributed by atoms with Crippen LogP contribution in [0.15, 0.2) is 24.3 Å². The van der Waals surface area contributed by atoms with Crippen LogP contribution < -0.4 is 5.32 Å². The number of fused-ring (bicyclic) bond motifs is 2. The fourth-order valence-corrected chi connectivity index (χ4v) is 3.33. The number of halogens is 1. The third-order valence-corrected chi connectivity index (χ3v) is 4.30. The third-order valence-electron chi connectivity index (χ3n) is 4.30. The smallest absolute Gasteiger partial charge is 0.317 e. The minimum atomic E-state index is -0.332. The van der Waals surface area contributed by atoms with E-state index >= 15 is 0 Å². The molecule has 1 N–H and O–H groups in total. The van der Waals surface area contributed by atoms with Crippen LogP contribution in [0.4, 0.5) is 14.9 Å². The molecule has 20 heavy (non-hydrogen) atoms. The predicted octanol–water partition coefficient (Wildman–Crippen LogP) is 2.53. The first-order valence-electron chi connectivity index (χ1n) is 7.17. The highest BCUT2D eigenvalue weighted by atomic mass is 19.1. The average molecular weight is 277 g/mol. The second-order valence-electron chi connectivity index (χ2n) is 5.78. The van der Waals surface area contributed by atoms with E-state index in [9.17, 15) is 9.18 Å². The number of rotatable bonds is 1. The first-order valence-corrected chi connectivity index (χ1v) is 7.17. The van der Waals surface area contributed by atoms with E-state index in [4.69, 9.17) is 0 Å². The largest absolute Gasteiger partial charge is 0.322 e. The maximum atomic E-state index is 13.2. The molecule has 2 atom stereocenters. The standard InChI is InChI=1S/C15H20FN3O/c1-18-8-7-13-5-6-14(10-18)19(13)15(20)17-12-4-2-3-11(16)9-12/h2-4,9,13-14H,5-8,10H2,1H3,(H,17,20)/t13?,14-/m1/s1. The van der Waals surface area contributed by atoms with E-state index < -0.39 is 0 Å². The van der Waals surface area contributed by atoms with Crippen LogP contribution in [0.5, 0.6) is 0 Å². The van der Waals surface area contributed by atoms with E-state index in [-0.39, 0.29) is 17.9 Å². The van der Waals surface area contributed by atoms with E-state index in [1.54, 1.807) is 12.1 Å². The van der Waals surface area contributed by atoms with Gasteiger partial charge in [0.25, 0.3) is 0 Å². The molecule has 2 heterocycles. The summed E-state index contributed by atoms with van der Waals surface area (Å²) >= 11 is 0. The summed E-state index contributed by atoms with van der Waals surface area (Å²) in [6.45, 7) is 1.96. The van der Waals surface area contributed by atoms with Crippen LogP contribution in [0.25, 0.3) is 0 Å². The summed E-state index contributed by atoms with van der Waals surface area (Å²) in [5.74, 6) is -0.332. The molecule has 2 fully saturated rings. The van der Waals surface area contributed by atoms with E-state index in [1.807, 2.05) is 4.90 Å². The van der Waals surface area contributed by atoms with Crippen molar-refractivity contribution in [1.29, 1.82) is 0 Å². The van der Waals surface area contributed by atoms with Crippen LogP contribution in [-0.2, 0) is 0 Å². The minimum Gasteiger partial charge on any atom is -0.317 e. The molecule has 4 nitrogen and oxygen atoms in total. The van der Waals surface area contributed by atoms with Crippen LogP contribution in [0.2, 0.25) is 0 Å². The zero-order valence-corrected chi connectivity index (χ0v) is 11.7. The molecular formula is C15H20FN3O. The number of hydrogen-bond donors (Lipinski definition) is 1. The Hall–Kier alpha value is -1.62. The number of benzene rings is 1. The van der Waals surface area contributed by atoms with Gasteiger partial charge in [-0.2, -0.15) is 0 Å². The van der Waals surface area contributed by atoms with E-state index in [0.717, 1.165) is 32.4 Å². The summed E-state index contributed by atoms with van der Waals surface area (Å²) in [6, 6.07) is 6.55. The summed E-state index contributed by atoms with van der Waals surface area (Å²) in [5, 5.41) is 2.82. The molecule has 2 bridgehead atoms. The van der Waals surface area contributed by atoms with Gasteiger partial charge >= 0.3 is 6.03 Å². The van der Waals surface area contributed by atoms with Gasteiger partial charge in [-0.15, -0.1) is 0 Å². The number of amides is 2. The van der Waals surface area contributed by atoms with Crippen molar-refractivity contribution in [2.45, 2.75) is 31.3 Å². The van der Waals surface area contributed by atoms with Crippen molar-refractivity contribution in [2.24, 2.45) is 0 Å².